The van der Waals surface area contributed by atoms with Gasteiger partial charge in [-0.05, 0) is 49.6 Å². The number of hydrazine groups is 1. The van der Waals surface area contributed by atoms with E-state index in [1.54, 1.807) is 34.9 Å². The molecule has 1 heterocycles. The fourth-order valence-corrected chi connectivity index (χ4v) is 3.93. The number of thioether (sulfide) groups is 1. The number of amides is 2. The van der Waals surface area contributed by atoms with Crippen molar-refractivity contribution in [1.82, 2.24) is 20.4 Å². The average Bonchev–Trinajstić information content (AvgIpc) is 2.75. The van der Waals surface area contributed by atoms with Crippen LogP contribution in [0.3, 0.4) is 0 Å². The summed E-state index contributed by atoms with van der Waals surface area (Å²) in [6.07, 6.45) is 0.799. The van der Waals surface area contributed by atoms with Gasteiger partial charge in [-0.15, -0.1) is 0 Å². The third-order valence-corrected chi connectivity index (χ3v) is 5.99. The van der Waals surface area contributed by atoms with Crippen LogP contribution in [-0.4, -0.2) is 27.1 Å². The zero-order valence-electron chi connectivity index (χ0n) is 18.1. The smallest absolute Gasteiger partial charge is 0.269 e. The largest absolute Gasteiger partial charge is 0.287 e. The van der Waals surface area contributed by atoms with E-state index in [1.807, 2.05) is 19.1 Å². The summed E-state index contributed by atoms with van der Waals surface area (Å²) in [4.78, 5) is 42.1. The van der Waals surface area contributed by atoms with Crippen LogP contribution in [0, 0.1) is 12.8 Å². The Labute approximate surface area is 195 Å². The summed E-state index contributed by atoms with van der Waals surface area (Å²) in [5.74, 6) is -0.433. The lowest BCUT2D eigenvalue weighted by Crippen LogP contribution is -2.42. The number of nitrogens with zero attached hydrogens (tertiary/aromatic N) is 2. The van der Waals surface area contributed by atoms with E-state index in [0.29, 0.717) is 39.1 Å². The van der Waals surface area contributed by atoms with Gasteiger partial charge in [0.05, 0.1) is 16.7 Å². The van der Waals surface area contributed by atoms with Crippen LogP contribution < -0.4 is 16.4 Å². The van der Waals surface area contributed by atoms with Crippen molar-refractivity contribution in [2.24, 2.45) is 5.92 Å². The van der Waals surface area contributed by atoms with E-state index in [0.717, 1.165) is 23.7 Å². The van der Waals surface area contributed by atoms with E-state index in [9.17, 15) is 14.4 Å². The molecule has 0 aliphatic carbocycles. The first-order valence-electron chi connectivity index (χ1n) is 10.2. The number of aromatic nitrogens is 2. The van der Waals surface area contributed by atoms with Crippen LogP contribution in [0.2, 0.25) is 5.02 Å². The van der Waals surface area contributed by atoms with Gasteiger partial charge in [0.1, 0.15) is 0 Å². The molecule has 0 aliphatic rings. The van der Waals surface area contributed by atoms with E-state index < -0.39 is 11.8 Å². The van der Waals surface area contributed by atoms with Crippen molar-refractivity contribution in [1.29, 1.82) is 0 Å². The summed E-state index contributed by atoms with van der Waals surface area (Å²) in [6, 6.07) is 12.0. The van der Waals surface area contributed by atoms with Crippen molar-refractivity contribution in [2.45, 2.75) is 38.9 Å². The summed E-state index contributed by atoms with van der Waals surface area (Å²) in [5, 5.41) is 1.40. The highest BCUT2D eigenvalue weighted by Gasteiger charge is 2.15. The van der Waals surface area contributed by atoms with Crippen molar-refractivity contribution in [3.63, 3.8) is 0 Å². The molecule has 0 spiro atoms. The summed E-state index contributed by atoms with van der Waals surface area (Å²) in [6.45, 7) is 6.58. The first kappa shape index (κ1) is 23.8. The molecule has 2 amide bonds. The normalized spacial score (nSPS) is 11.0. The number of halogens is 1. The van der Waals surface area contributed by atoms with Crippen LogP contribution in [0.1, 0.15) is 36.2 Å². The van der Waals surface area contributed by atoms with Crippen LogP contribution >= 0.6 is 23.4 Å². The predicted molar refractivity (Wildman–Crippen MR) is 128 cm³/mol. The fraction of sp³-hybridized carbons (Fsp3) is 0.304. The van der Waals surface area contributed by atoms with Gasteiger partial charge in [0.15, 0.2) is 5.16 Å². The maximum atomic E-state index is 13.0. The van der Waals surface area contributed by atoms with Crippen molar-refractivity contribution >= 4 is 46.1 Å². The Morgan fingerprint density at radius 2 is 1.84 bits per heavy atom. The third-order valence-electron chi connectivity index (χ3n) is 4.77. The molecular formula is C23H25ClN4O3S. The maximum absolute atomic E-state index is 13.0. The number of carbonyl (C=O) groups is 2. The molecule has 3 aromatic rings. The molecule has 9 heteroatoms. The fourth-order valence-electron chi connectivity index (χ4n) is 2.94. The lowest BCUT2D eigenvalue weighted by molar-refractivity contribution is -0.119. The van der Waals surface area contributed by atoms with Crippen molar-refractivity contribution in [3.8, 4) is 0 Å². The van der Waals surface area contributed by atoms with Crippen LogP contribution in [0.4, 0.5) is 0 Å². The van der Waals surface area contributed by atoms with Gasteiger partial charge < -0.3 is 0 Å². The van der Waals surface area contributed by atoms with E-state index in [-0.39, 0.29) is 11.3 Å². The zero-order valence-corrected chi connectivity index (χ0v) is 19.7. The number of rotatable bonds is 7. The lowest BCUT2D eigenvalue weighted by atomic mass is 10.1. The molecule has 32 heavy (non-hydrogen) atoms. The lowest BCUT2D eigenvalue weighted by Gasteiger charge is -2.14. The SMILES string of the molecule is Cc1ccc(C(=O)NNC(=O)CSc2nc3cc(Cl)ccc3c(=O)n2CCC(C)C)cc1. The van der Waals surface area contributed by atoms with Gasteiger partial charge in [-0.1, -0.05) is 54.9 Å². The van der Waals surface area contributed by atoms with E-state index in [2.05, 4.69) is 29.7 Å². The second-order valence-corrected chi connectivity index (χ2v) is 9.23. The molecule has 0 unspecified atom stereocenters. The molecular weight excluding hydrogens is 448 g/mol. The molecule has 0 fully saturated rings. The first-order valence-corrected chi connectivity index (χ1v) is 11.6. The Hall–Kier alpha value is -2.84. The van der Waals surface area contributed by atoms with E-state index in [1.165, 1.54) is 0 Å². The second-order valence-electron chi connectivity index (χ2n) is 7.85. The summed E-state index contributed by atoms with van der Waals surface area (Å²) in [7, 11) is 0. The quantitative estimate of drug-likeness (QED) is 0.308. The first-order chi connectivity index (χ1) is 15.2. The van der Waals surface area contributed by atoms with Gasteiger partial charge in [0, 0.05) is 17.1 Å². The Morgan fingerprint density at radius 1 is 1.12 bits per heavy atom. The van der Waals surface area contributed by atoms with Gasteiger partial charge in [-0.2, -0.15) is 0 Å². The second kappa shape index (κ2) is 10.7. The Bertz CT molecular complexity index is 1190. The van der Waals surface area contributed by atoms with Crippen LogP contribution in [0.25, 0.3) is 10.9 Å². The molecule has 1 aromatic heterocycles. The molecule has 3 rings (SSSR count). The van der Waals surface area contributed by atoms with Gasteiger partial charge in [-0.3, -0.25) is 29.8 Å². The van der Waals surface area contributed by atoms with Crippen LogP contribution in [0.15, 0.2) is 52.4 Å². The monoisotopic (exact) mass is 472 g/mol. The number of benzene rings is 2. The molecule has 7 nitrogen and oxygen atoms in total. The van der Waals surface area contributed by atoms with E-state index >= 15 is 0 Å². The standard InChI is InChI=1S/C23H25ClN4O3S/c1-14(2)10-11-28-22(31)18-9-8-17(24)12-19(18)25-23(28)32-13-20(29)26-27-21(30)16-6-4-15(3)5-7-16/h4-9,12,14H,10-11,13H2,1-3H3,(H,26,29)(H,27,30). The summed E-state index contributed by atoms with van der Waals surface area (Å²) in [5.41, 5.74) is 6.60. The number of aryl methyl sites for hydroxylation is 1. The molecule has 2 N–H and O–H groups in total. The Kier molecular flexibility index (Phi) is 7.93. The minimum absolute atomic E-state index is 0.0195. The number of fused-ring (bicyclic) bond motifs is 1. The minimum Gasteiger partial charge on any atom is -0.287 e. The highest BCUT2D eigenvalue weighted by Crippen LogP contribution is 2.21. The predicted octanol–water partition coefficient (Wildman–Crippen LogP) is 3.96. The Morgan fingerprint density at radius 3 is 2.53 bits per heavy atom. The van der Waals surface area contributed by atoms with Gasteiger partial charge in [-0.25, -0.2) is 4.98 Å². The van der Waals surface area contributed by atoms with Gasteiger partial charge in [0.25, 0.3) is 11.5 Å². The number of carbonyl (C=O) groups excluding carboxylic acids is 2. The summed E-state index contributed by atoms with van der Waals surface area (Å²) < 4.78 is 1.60. The molecule has 0 aliphatic heterocycles. The molecule has 2 aromatic carbocycles. The maximum Gasteiger partial charge on any atom is 0.269 e. The van der Waals surface area contributed by atoms with Crippen molar-refractivity contribution in [3.05, 3.63) is 69.0 Å². The minimum atomic E-state index is -0.411. The van der Waals surface area contributed by atoms with Gasteiger partial charge in [0.2, 0.25) is 5.91 Å². The van der Waals surface area contributed by atoms with Crippen molar-refractivity contribution in [2.75, 3.05) is 5.75 Å². The zero-order chi connectivity index (χ0) is 23.3. The topological polar surface area (TPSA) is 93.1 Å². The van der Waals surface area contributed by atoms with Crippen molar-refractivity contribution < 1.29 is 9.59 Å². The molecule has 0 atom stereocenters. The van der Waals surface area contributed by atoms with Crippen LogP contribution in [-0.2, 0) is 11.3 Å². The Balaban J connectivity index is 1.71. The van der Waals surface area contributed by atoms with E-state index in [4.69, 9.17) is 11.6 Å². The molecule has 0 radical (unpaired) electrons. The molecule has 0 bridgehead atoms. The average molecular weight is 473 g/mol. The van der Waals surface area contributed by atoms with Crippen LogP contribution in [0.5, 0.6) is 0 Å². The molecule has 168 valence electrons. The molecule has 0 saturated carbocycles. The third kappa shape index (κ3) is 6.11. The summed E-state index contributed by atoms with van der Waals surface area (Å²) >= 11 is 7.20. The highest BCUT2D eigenvalue weighted by molar-refractivity contribution is 7.99. The highest BCUT2D eigenvalue weighted by atomic mass is 35.5. The number of nitrogens with one attached hydrogen (secondary N) is 2. The van der Waals surface area contributed by atoms with Gasteiger partial charge >= 0.3 is 0 Å². The number of hydrogen-bond donors (Lipinski definition) is 2. The molecule has 0 saturated heterocycles. The number of hydrogen-bond acceptors (Lipinski definition) is 5.